The molecule has 0 saturated carbocycles. The monoisotopic (exact) mass is 498 g/mol. The Kier molecular flexibility index (Phi) is 7.76. The van der Waals surface area contributed by atoms with Gasteiger partial charge in [0.2, 0.25) is 21.1 Å². The molecule has 0 unspecified atom stereocenters. The lowest BCUT2D eigenvalue weighted by Crippen LogP contribution is -2.27. The normalized spacial score (nSPS) is 11.8. The van der Waals surface area contributed by atoms with E-state index >= 15 is 0 Å². The maximum Gasteiger partial charge on any atom is 0.240 e. The summed E-state index contributed by atoms with van der Waals surface area (Å²) in [5.74, 6) is 0.0697. The van der Waals surface area contributed by atoms with Gasteiger partial charge in [0.15, 0.2) is 5.65 Å². The summed E-state index contributed by atoms with van der Waals surface area (Å²) >= 11 is 1.20. The third kappa shape index (κ3) is 5.91. The van der Waals surface area contributed by atoms with Crippen LogP contribution < -0.4 is 10.0 Å². The molecule has 0 saturated heterocycles. The number of amides is 1. The Bertz CT molecular complexity index is 1390. The molecule has 178 valence electrons. The molecule has 3 N–H and O–H groups in total. The molecule has 9 nitrogen and oxygen atoms in total. The number of H-pyrrole nitrogens is 1. The number of aromatic nitrogens is 4. The van der Waals surface area contributed by atoms with Gasteiger partial charge in [0.1, 0.15) is 5.52 Å². The van der Waals surface area contributed by atoms with Crippen LogP contribution in [0.2, 0.25) is 0 Å². The van der Waals surface area contributed by atoms with Crippen LogP contribution in [0.5, 0.6) is 0 Å². The molecule has 0 aliphatic carbocycles. The Morgan fingerprint density at radius 2 is 1.91 bits per heavy atom. The summed E-state index contributed by atoms with van der Waals surface area (Å²) in [6.07, 6.45) is 2.44. The zero-order valence-electron chi connectivity index (χ0n) is 18.7. The van der Waals surface area contributed by atoms with Crippen molar-refractivity contribution >= 4 is 49.8 Å². The fraction of sp³-hybridized carbons (Fsp3) is 0.304. The van der Waals surface area contributed by atoms with E-state index in [-0.39, 0.29) is 16.6 Å². The molecule has 2 heterocycles. The summed E-state index contributed by atoms with van der Waals surface area (Å²) in [5, 5.41) is 12.2. The zero-order chi connectivity index (χ0) is 24.0. The maximum absolute atomic E-state index is 12.6. The standard InChI is InChI=1S/C23H26N6O3S2/c1-2-3-12-25-34(31,32)17-9-10-19-18(14-17)21-22(26-19)27-23(29-28-21)33-15-20(30)24-13-11-16-7-5-4-6-8-16/h4-10,14,25H,2-3,11-13,15H2,1H3,(H,24,30)(H,26,27,29). The number of nitrogens with one attached hydrogen (secondary N) is 3. The number of unbranched alkanes of at least 4 members (excludes halogenated alkanes) is 1. The van der Waals surface area contributed by atoms with Crippen LogP contribution in [-0.4, -0.2) is 53.3 Å². The van der Waals surface area contributed by atoms with Crippen molar-refractivity contribution in [3.05, 3.63) is 54.1 Å². The van der Waals surface area contributed by atoms with Gasteiger partial charge in [-0.3, -0.25) is 4.79 Å². The van der Waals surface area contributed by atoms with Crippen LogP contribution in [0.15, 0.2) is 58.6 Å². The number of carbonyl (C=O) groups excluding carboxylic acids is 1. The number of thioether (sulfide) groups is 1. The highest BCUT2D eigenvalue weighted by Gasteiger charge is 2.17. The van der Waals surface area contributed by atoms with Crippen molar-refractivity contribution in [2.45, 2.75) is 36.2 Å². The third-order valence-corrected chi connectivity index (χ3v) is 7.51. The molecule has 0 fully saturated rings. The van der Waals surface area contributed by atoms with E-state index in [4.69, 9.17) is 0 Å². The van der Waals surface area contributed by atoms with Gasteiger partial charge < -0.3 is 10.3 Å². The minimum Gasteiger partial charge on any atom is -0.355 e. The third-order valence-electron chi connectivity index (χ3n) is 5.21. The lowest BCUT2D eigenvalue weighted by Gasteiger charge is -2.06. The Morgan fingerprint density at radius 1 is 1.09 bits per heavy atom. The van der Waals surface area contributed by atoms with Gasteiger partial charge >= 0.3 is 0 Å². The second kappa shape index (κ2) is 10.9. The predicted octanol–water partition coefficient (Wildman–Crippen LogP) is 3.04. The van der Waals surface area contributed by atoms with Gasteiger partial charge in [-0.1, -0.05) is 55.4 Å². The van der Waals surface area contributed by atoms with Crippen LogP contribution in [0, 0.1) is 0 Å². The molecule has 0 spiro atoms. The molecule has 11 heteroatoms. The molecule has 0 atom stereocenters. The van der Waals surface area contributed by atoms with Crippen molar-refractivity contribution in [3.8, 4) is 0 Å². The van der Waals surface area contributed by atoms with Gasteiger partial charge in [-0.05, 0) is 36.6 Å². The molecule has 0 aliphatic rings. The predicted molar refractivity (Wildman–Crippen MR) is 133 cm³/mol. The van der Waals surface area contributed by atoms with Crippen molar-refractivity contribution in [2.75, 3.05) is 18.8 Å². The minimum absolute atomic E-state index is 0.105. The fourth-order valence-corrected chi connectivity index (χ4v) is 5.12. The van der Waals surface area contributed by atoms with Gasteiger partial charge in [-0.25, -0.2) is 18.1 Å². The molecule has 1 amide bonds. The van der Waals surface area contributed by atoms with Crippen molar-refractivity contribution in [1.82, 2.24) is 30.2 Å². The lowest BCUT2D eigenvalue weighted by molar-refractivity contribution is -0.118. The van der Waals surface area contributed by atoms with E-state index in [1.54, 1.807) is 18.2 Å². The smallest absolute Gasteiger partial charge is 0.240 e. The summed E-state index contributed by atoms with van der Waals surface area (Å²) in [6.45, 7) is 2.96. The second-order valence-corrected chi connectivity index (χ2v) is 10.5. The number of hydrogen-bond donors (Lipinski definition) is 3. The first-order chi connectivity index (χ1) is 16.5. The van der Waals surface area contributed by atoms with Crippen LogP contribution in [0.1, 0.15) is 25.3 Å². The van der Waals surface area contributed by atoms with Gasteiger partial charge in [-0.2, -0.15) is 0 Å². The molecule has 2 aromatic heterocycles. The minimum atomic E-state index is -3.60. The van der Waals surface area contributed by atoms with E-state index in [2.05, 4.69) is 30.2 Å². The number of sulfonamides is 1. The maximum atomic E-state index is 12.6. The first-order valence-corrected chi connectivity index (χ1v) is 13.5. The quantitative estimate of drug-likeness (QED) is 0.214. The van der Waals surface area contributed by atoms with E-state index in [1.165, 1.54) is 17.3 Å². The van der Waals surface area contributed by atoms with Gasteiger partial charge in [0.25, 0.3) is 0 Å². The van der Waals surface area contributed by atoms with Crippen molar-refractivity contribution < 1.29 is 13.2 Å². The van der Waals surface area contributed by atoms with E-state index in [0.29, 0.717) is 40.3 Å². The molecular weight excluding hydrogens is 472 g/mol. The fourth-order valence-electron chi connectivity index (χ4n) is 3.40. The first-order valence-electron chi connectivity index (χ1n) is 11.1. The molecular formula is C23H26N6O3S2. The summed E-state index contributed by atoms with van der Waals surface area (Å²) in [4.78, 5) is 19.9. The molecule has 34 heavy (non-hydrogen) atoms. The average molecular weight is 499 g/mol. The molecule has 0 aliphatic heterocycles. The van der Waals surface area contributed by atoms with Crippen molar-refractivity contribution in [2.24, 2.45) is 0 Å². The highest BCUT2D eigenvalue weighted by molar-refractivity contribution is 7.99. The molecule has 4 aromatic rings. The molecule has 4 rings (SSSR count). The van der Waals surface area contributed by atoms with Gasteiger partial charge in [-0.15, -0.1) is 10.2 Å². The van der Waals surface area contributed by atoms with E-state index in [0.717, 1.165) is 19.3 Å². The summed E-state index contributed by atoms with van der Waals surface area (Å²) in [6, 6.07) is 14.8. The van der Waals surface area contributed by atoms with Crippen LogP contribution in [0.25, 0.3) is 22.1 Å². The lowest BCUT2D eigenvalue weighted by atomic mass is 10.1. The number of fused-ring (bicyclic) bond motifs is 3. The van der Waals surface area contributed by atoms with Gasteiger partial charge in [0.05, 0.1) is 10.6 Å². The molecule has 0 bridgehead atoms. The van der Waals surface area contributed by atoms with Crippen molar-refractivity contribution in [3.63, 3.8) is 0 Å². The zero-order valence-corrected chi connectivity index (χ0v) is 20.4. The number of benzene rings is 2. The van der Waals surface area contributed by atoms with Crippen LogP contribution in [0.4, 0.5) is 0 Å². The summed E-state index contributed by atoms with van der Waals surface area (Å²) in [5.41, 5.74) is 2.85. The summed E-state index contributed by atoms with van der Waals surface area (Å²) < 4.78 is 27.7. The largest absolute Gasteiger partial charge is 0.355 e. The second-order valence-electron chi connectivity index (χ2n) is 7.75. The molecule has 0 radical (unpaired) electrons. The molecule has 2 aromatic carbocycles. The van der Waals surface area contributed by atoms with Crippen LogP contribution >= 0.6 is 11.8 Å². The van der Waals surface area contributed by atoms with Gasteiger partial charge in [0, 0.05) is 24.0 Å². The Hall–Kier alpha value is -3.02. The Balaban J connectivity index is 1.40. The summed E-state index contributed by atoms with van der Waals surface area (Å²) in [7, 11) is -3.60. The number of hydrogen-bond acceptors (Lipinski definition) is 7. The van der Waals surface area contributed by atoms with Crippen LogP contribution in [-0.2, 0) is 21.2 Å². The topological polar surface area (TPSA) is 130 Å². The van der Waals surface area contributed by atoms with Crippen molar-refractivity contribution in [1.29, 1.82) is 0 Å². The average Bonchev–Trinajstić information content (AvgIpc) is 3.20. The highest BCUT2D eigenvalue weighted by atomic mass is 32.2. The Labute approximate surface area is 202 Å². The Morgan fingerprint density at radius 3 is 2.71 bits per heavy atom. The van der Waals surface area contributed by atoms with E-state index < -0.39 is 10.0 Å². The SMILES string of the molecule is CCCCNS(=O)(=O)c1ccc2[nH]c3nc(SCC(=O)NCCc4ccccc4)nnc3c2c1. The first kappa shape index (κ1) is 24.1. The number of aromatic amines is 1. The number of carbonyl (C=O) groups is 1. The van der Waals surface area contributed by atoms with E-state index in [9.17, 15) is 13.2 Å². The van der Waals surface area contributed by atoms with Crippen LogP contribution in [0.3, 0.4) is 0 Å². The highest BCUT2D eigenvalue weighted by Crippen LogP contribution is 2.26. The number of nitrogens with zero attached hydrogens (tertiary/aromatic N) is 3. The number of rotatable bonds is 11. The van der Waals surface area contributed by atoms with E-state index in [1.807, 2.05) is 37.3 Å².